The zero-order valence-electron chi connectivity index (χ0n) is 10.5. The highest BCUT2D eigenvalue weighted by atomic mass is 35.5. The Hall–Kier alpha value is -0.650. The molecule has 98 valence electrons. The quantitative estimate of drug-likeness (QED) is 0.872. The van der Waals surface area contributed by atoms with Crippen LogP contribution in [0.25, 0.3) is 0 Å². The third-order valence-corrected chi connectivity index (χ3v) is 3.48. The van der Waals surface area contributed by atoms with Gasteiger partial charge in [-0.1, -0.05) is 6.92 Å². The number of nitrogens with zero attached hydrogens (tertiary/aromatic N) is 4. The fourth-order valence-corrected chi connectivity index (χ4v) is 2.58. The van der Waals surface area contributed by atoms with Crippen molar-refractivity contribution in [2.45, 2.75) is 32.4 Å². The predicted molar refractivity (Wildman–Crippen MR) is 69.9 cm³/mol. The first kappa shape index (κ1) is 14.4. The average Bonchev–Trinajstić information content (AvgIpc) is 2.64. The van der Waals surface area contributed by atoms with Gasteiger partial charge >= 0.3 is 0 Å². The number of aryl methyl sites for hydroxylation is 1. The molecule has 2 heterocycles. The second kappa shape index (κ2) is 6.33. The first-order valence-electron chi connectivity index (χ1n) is 6.00. The van der Waals surface area contributed by atoms with Crippen molar-refractivity contribution in [3.63, 3.8) is 0 Å². The molecule has 1 aliphatic heterocycles. The molecule has 2 unspecified atom stereocenters. The molecule has 1 aliphatic rings. The summed E-state index contributed by atoms with van der Waals surface area (Å²) in [6, 6.07) is 0.496. The third kappa shape index (κ3) is 3.40. The van der Waals surface area contributed by atoms with Crippen molar-refractivity contribution in [1.82, 2.24) is 19.9 Å². The highest BCUT2D eigenvalue weighted by molar-refractivity contribution is 5.85. The van der Waals surface area contributed by atoms with E-state index in [0.717, 1.165) is 25.3 Å². The van der Waals surface area contributed by atoms with Crippen LogP contribution in [0.2, 0.25) is 0 Å². The van der Waals surface area contributed by atoms with Crippen LogP contribution in [0.3, 0.4) is 0 Å². The lowest BCUT2D eigenvalue weighted by Crippen LogP contribution is -2.48. The number of aromatic nitrogens is 3. The maximum absolute atomic E-state index is 5.86. The van der Waals surface area contributed by atoms with E-state index in [2.05, 4.69) is 22.0 Å². The van der Waals surface area contributed by atoms with Gasteiger partial charge in [0.25, 0.3) is 0 Å². The topological polar surface area (TPSA) is 60.0 Å². The SMILES string of the molecule is CC1CCCN(Cc2cnn(C)n2)C1CN.Cl. The summed E-state index contributed by atoms with van der Waals surface area (Å²) in [5, 5.41) is 8.42. The van der Waals surface area contributed by atoms with Crippen LogP contribution >= 0.6 is 12.4 Å². The fourth-order valence-electron chi connectivity index (χ4n) is 2.58. The van der Waals surface area contributed by atoms with Gasteiger partial charge in [-0.15, -0.1) is 12.4 Å². The van der Waals surface area contributed by atoms with E-state index in [1.165, 1.54) is 12.8 Å². The number of hydrogen-bond donors (Lipinski definition) is 1. The van der Waals surface area contributed by atoms with Gasteiger partial charge in [-0.2, -0.15) is 15.0 Å². The summed E-state index contributed by atoms with van der Waals surface area (Å²) < 4.78 is 0. The van der Waals surface area contributed by atoms with Crippen molar-refractivity contribution in [3.8, 4) is 0 Å². The summed E-state index contributed by atoms with van der Waals surface area (Å²) in [5.41, 5.74) is 6.90. The van der Waals surface area contributed by atoms with Crippen LogP contribution in [-0.2, 0) is 13.6 Å². The van der Waals surface area contributed by atoms with Crippen molar-refractivity contribution < 1.29 is 0 Å². The van der Waals surface area contributed by atoms with Gasteiger partial charge in [-0.3, -0.25) is 4.90 Å². The lowest BCUT2D eigenvalue weighted by atomic mass is 9.91. The van der Waals surface area contributed by atoms with Gasteiger partial charge in [-0.25, -0.2) is 0 Å². The van der Waals surface area contributed by atoms with Crippen molar-refractivity contribution in [3.05, 3.63) is 11.9 Å². The molecule has 0 aromatic carbocycles. The molecule has 0 radical (unpaired) electrons. The molecule has 2 N–H and O–H groups in total. The molecule has 17 heavy (non-hydrogen) atoms. The summed E-state index contributed by atoms with van der Waals surface area (Å²) >= 11 is 0. The van der Waals surface area contributed by atoms with Crippen molar-refractivity contribution in [1.29, 1.82) is 0 Å². The molecule has 2 rings (SSSR count). The molecule has 0 amide bonds. The molecule has 1 saturated heterocycles. The predicted octanol–water partition coefficient (Wildman–Crippen LogP) is 0.796. The van der Waals surface area contributed by atoms with Gasteiger partial charge in [-0.05, 0) is 25.3 Å². The molecular weight excluding hydrogens is 238 g/mol. The molecule has 5 nitrogen and oxygen atoms in total. The van der Waals surface area contributed by atoms with E-state index in [1.807, 2.05) is 13.2 Å². The minimum atomic E-state index is 0. The molecule has 0 bridgehead atoms. The normalized spacial score (nSPS) is 25.6. The highest BCUT2D eigenvalue weighted by Crippen LogP contribution is 2.23. The molecule has 0 saturated carbocycles. The first-order valence-corrected chi connectivity index (χ1v) is 6.00. The maximum Gasteiger partial charge on any atom is 0.0967 e. The summed E-state index contributed by atoms with van der Waals surface area (Å²) in [7, 11) is 1.85. The standard InChI is InChI=1S/C11H21N5.ClH/c1-9-4-3-5-16(11(9)6-12)8-10-7-13-15(2)14-10;/h7,9,11H,3-6,8,12H2,1-2H3;1H. The van der Waals surface area contributed by atoms with Crippen LogP contribution in [0.1, 0.15) is 25.5 Å². The van der Waals surface area contributed by atoms with Crippen LogP contribution in [0.15, 0.2) is 6.20 Å². The molecule has 0 spiro atoms. The minimum Gasteiger partial charge on any atom is -0.329 e. The number of hydrogen-bond acceptors (Lipinski definition) is 4. The molecule has 0 aliphatic carbocycles. The van der Waals surface area contributed by atoms with Gasteiger partial charge in [0.05, 0.1) is 11.9 Å². The Balaban J connectivity index is 0.00000144. The third-order valence-electron chi connectivity index (χ3n) is 3.48. The molecule has 6 heteroatoms. The summed E-state index contributed by atoms with van der Waals surface area (Å²) in [5.74, 6) is 0.690. The van der Waals surface area contributed by atoms with Crippen molar-refractivity contribution in [2.24, 2.45) is 18.7 Å². The van der Waals surface area contributed by atoms with Crippen molar-refractivity contribution >= 4 is 12.4 Å². The molecular formula is C11H22ClN5. The van der Waals surface area contributed by atoms with Crippen LogP contribution in [0.4, 0.5) is 0 Å². The van der Waals surface area contributed by atoms with Gasteiger partial charge in [0, 0.05) is 26.2 Å². The van der Waals surface area contributed by atoms with E-state index >= 15 is 0 Å². The number of halogens is 1. The Morgan fingerprint density at radius 3 is 2.88 bits per heavy atom. The van der Waals surface area contributed by atoms with Gasteiger partial charge in [0.1, 0.15) is 0 Å². The fraction of sp³-hybridized carbons (Fsp3) is 0.818. The lowest BCUT2D eigenvalue weighted by molar-refractivity contribution is 0.0976. The highest BCUT2D eigenvalue weighted by Gasteiger charge is 2.27. The Morgan fingerprint density at radius 2 is 2.29 bits per heavy atom. The lowest BCUT2D eigenvalue weighted by Gasteiger charge is -2.38. The average molecular weight is 260 g/mol. The van der Waals surface area contributed by atoms with E-state index < -0.39 is 0 Å². The van der Waals surface area contributed by atoms with E-state index in [-0.39, 0.29) is 12.4 Å². The Bertz CT molecular complexity index is 340. The number of rotatable bonds is 3. The Kier molecular flexibility index (Phi) is 5.36. The Morgan fingerprint density at radius 1 is 1.53 bits per heavy atom. The first-order chi connectivity index (χ1) is 7.70. The van der Waals surface area contributed by atoms with E-state index in [1.54, 1.807) is 4.80 Å². The van der Waals surface area contributed by atoms with E-state index in [0.29, 0.717) is 12.0 Å². The largest absolute Gasteiger partial charge is 0.329 e. The van der Waals surface area contributed by atoms with Crippen LogP contribution in [-0.4, -0.2) is 39.0 Å². The van der Waals surface area contributed by atoms with E-state index in [9.17, 15) is 0 Å². The van der Waals surface area contributed by atoms with E-state index in [4.69, 9.17) is 5.73 Å². The van der Waals surface area contributed by atoms with Gasteiger partial charge in [0.15, 0.2) is 0 Å². The number of piperidine rings is 1. The van der Waals surface area contributed by atoms with Crippen LogP contribution in [0, 0.1) is 5.92 Å². The second-order valence-corrected chi connectivity index (χ2v) is 4.72. The zero-order chi connectivity index (χ0) is 11.5. The van der Waals surface area contributed by atoms with Crippen LogP contribution < -0.4 is 5.73 Å². The van der Waals surface area contributed by atoms with Gasteiger partial charge < -0.3 is 5.73 Å². The van der Waals surface area contributed by atoms with Gasteiger partial charge in [0.2, 0.25) is 0 Å². The zero-order valence-corrected chi connectivity index (χ0v) is 11.4. The molecule has 1 aromatic heterocycles. The maximum atomic E-state index is 5.86. The molecule has 2 atom stereocenters. The summed E-state index contributed by atoms with van der Waals surface area (Å²) in [4.78, 5) is 4.05. The summed E-state index contributed by atoms with van der Waals surface area (Å²) in [6.07, 6.45) is 4.39. The monoisotopic (exact) mass is 259 g/mol. The second-order valence-electron chi connectivity index (χ2n) is 4.72. The summed E-state index contributed by atoms with van der Waals surface area (Å²) in [6.45, 7) is 5.03. The minimum absolute atomic E-state index is 0. The molecule has 1 fully saturated rings. The number of likely N-dealkylation sites (tertiary alicyclic amines) is 1. The number of nitrogens with two attached hydrogens (primary N) is 1. The smallest absolute Gasteiger partial charge is 0.0967 e. The molecule has 1 aromatic rings. The van der Waals surface area contributed by atoms with Crippen LogP contribution in [0.5, 0.6) is 0 Å². The Labute approximate surface area is 109 Å². The van der Waals surface area contributed by atoms with Crippen molar-refractivity contribution in [2.75, 3.05) is 13.1 Å².